The van der Waals surface area contributed by atoms with Gasteiger partial charge < -0.3 is 15.7 Å². The van der Waals surface area contributed by atoms with Gasteiger partial charge >= 0.3 is 0 Å². The summed E-state index contributed by atoms with van der Waals surface area (Å²) < 4.78 is 26.5. The van der Waals surface area contributed by atoms with E-state index in [1.165, 1.54) is 6.07 Å². The minimum atomic E-state index is -0.822. The number of hydrogen-bond acceptors (Lipinski definition) is 3. The molecule has 18 heavy (non-hydrogen) atoms. The molecule has 0 saturated heterocycles. The smallest absolute Gasteiger partial charge is 0.238 e. The van der Waals surface area contributed by atoms with Crippen molar-refractivity contribution < 1.29 is 18.7 Å². The van der Waals surface area contributed by atoms with Crippen LogP contribution in [0.4, 0.5) is 14.5 Å². The summed E-state index contributed by atoms with van der Waals surface area (Å²) in [6.45, 7) is 1.63. The molecule has 1 aromatic rings. The number of aliphatic hydroxyl groups excluding tert-OH is 1. The summed E-state index contributed by atoms with van der Waals surface area (Å²) in [6, 6.07) is 3.14. The molecule has 0 heterocycles. The molecule has 3 N–H and O–H groups in total. The van der Waals surface area contributed by atoms with Crippen LogP contribution in [0.5, 0.6) is 0 Å². The molecule has 0 aliphatic rings. The highest BCUT2D eigenvalue weighted by Crippen LogP contribution is 2.17. The highest BCUT2D eigenvalue weighted by molar-refractivity contribution is 5.92. The lowest BCUT2D eigenvalue weighted by molar-refractivity contribution is -0.115. The van der Waals surface area contributed by atoms with Crippen LogP contribution in [0.15, 0.2) is 18.2 Å². The molecule has 100 valence electrons. The van der Waals surface area contributed by atoms with E-state index in [4.69, 9.17) is 5.11 Å². The SMILES string of the molecule is CCC(CO)NCC(=O)Nc1c(F)cccc1F. The largest absolute Gasteiger partial charge is 0.395 e. The van der Waals surface area contributed by atoms with Crippen LogP contribution in [0.3, 0.4) is 0 Å². The van der Waals surface area contributed by atoms with Crippen LogP contribution in [0.1, 0.15) is 13.3 Å². The molecule has 0 saturated carbocycles. The van der Waals surface area contributed by atoms with Crippen LogP contribution in [0, 0.1) is 11.6 Å². The predicted octanol–water partition coefficient (Wildman–Crippen LogP) is 1.26. The standard InChI is InChI=1S/C12H16F2N2O2/c1-2-8(7-17)15-6-11(18)16-12-9(13)4-3-5-10(12)14/h3-5,8,15,17H,2,6-7H2,1H3,(H,16,18). The van der Waals surface area contributed by atoms with Gasteiger partial charge in [0.2, 0.25) is 5.91 Å². The molecular formula is C12H16F2N2O2. The van der Waals surface area contributed by atoms with E-state index in [2.05, 4.69) is 10.6 Å². The molecule has 0 aliphatic heterocycles. The van der Waals surface area contributed by atoms with Crippen molar-refractivity contribution in [2.45, 2.75) is 19.4 Å². The number of rotatable bonds is 6. The van der Waals surface area contributed by atoms with Gasteiger partial charge in [-0.1, -0.05) is 13.0 Å². The molecule has 0 fully saturated rings. The van der Waals surface area contributed by atoms with E-state index in [1.54, 1.807) is 0 Å². The second-order valence-electron chi connectivity index (χ2n) is 3.81. The van der Waals surface area contributed by atoms with Crippen molar-refractivity contribution in [1.29, 1.82) is 0 Å². The van der Waals surface area contributed by atoms with Gasteiger partial charge in [0, 0.05) is 6.04 Å². The van der Waals surface area contributed by atoms with Gasteiger partial charge in [-0.15, -0.1) is 0 Å². The van der Waals surface area contributed by atoms with E-state index in [-0.39, 0.29) is 19.2 Å². The first-order valence-electron chi connectivity index (χ1n) is 5.66. The lowest BCUT2D eigenvalue weighted by Gasteiger charge is -2.14. The fourth-order valence-corrected chi connectivity index (χ4v) is 1.38. The molecule has 1 unspecified atom stereocenters. The summed E-state index contributed by atoms with van der Waals surface area (Å²) in [7, 11) is 0. The van der Waals surface area contributed by atoms with E-state index in [0.717, 1.165) is 12.1 Å². The Morgan fingerprint density at radius 1 is 1.39 bits per heavy atom. The zero-order chi connectivity index (χ0) is 13.5. The monoisotopic (exact) mass is 258 g/mol. The third-order valence-corrected chi connectivity index (χ3v) is 2.49. The minimum Gasteiger partial charge on any atom is -0.395 e. The Kier molecular flexibility index (Phi) is 5.67. The lowest BCUT2D eigenvalue weighted by Crippen LogP contribution is -2.38. The topological polar surface area (TPSA) is 61.4 Å². The van der Waals surface area contributed by atoms with Crippen LogP contribution in [-0.4, -0.2) is 30.2 Å². The van der Waals surface area contributed by atoms with Crippen molar-refractivity contribution in [1.82, 2.24) is 5.32 Å². The van der Waals surface area contributed by atoms with Crippen molar-refractivity contribution in [3.05, 3.63) is 29.8 Å². The number of carbonyl (C=O) groups excluding carboxylic acids is 1. The lowest BCUT2D eigenvalue weighted by atomic mass is 10.2. The van der Waals surface area contributed by atoms with Crippen molar-refractivity contribution in [2.24, 2.45) is 0 Å². The van der Waals surface area contributed by atoms with Gasteiger partial charge in [0.05, 0.1) is 13.2 Å². The van der Waals surface area contributed by atoms with E-state index < -0.39 is 23.2 Å². The number of benzene rings is 1. The molecule has 1 aromatic carbocycles. The average Bonchev–Trinajstić information content (AvgIpc) is 2.35. The van der Waals surface area contributed by atoms with Crippen LogP contribution in [0.2, 0.25) is 0 Å². The van der Waals surface area contributed by atoms with Gasteiger partial charge in [0.25, 0.3) is 0 Å². The third kappa shape index (κ3) is 4.05. The maximum absolute atomic E-state index is 13.2. The first-order valence-corrected chi connectivity index (χ1v) is 5.66. The fourth-order valence-electron chi connectivity index (χ4n) is 1.38. The van der Waals surface area contributed by atoms with Crippen LogP contribution in [-0.2, 0) is 4.79 Å². The van der Waals surface area contributed by atoms with E-state index in [1.807, 2.05) is 6.92 Å². The van der Waals surface area contributed by atoms with Crippen molar-refractivity contribution in [3.8, 4) is 0 Å². The van der Waals surface area contributed by atoms with Gasteiger partial charge in [-0.05, 0) is 18.6 Å². The van der Waals surface area contributed by atoms with Crippen molar-refractivity contribution in [3.63, 3.8) is 0 Å². The highest BCUT2D eigenvalue weighted by atomic mass is 19.1. The minimum absolute atomic E-state index is 0.0994. The number of para-hydroxylation sites is 1. The quantitative estimate of drug-likeness (QED) is 0.720. The molecule has 1 atom stereocenters. The maximum atomic E-state index is 13.2. The Labute approximate surface area is 104 Å². The molecule has 1 amide bonds. The summed E-state index contributed by atoms with van der Waals surface area (Å²) in [5.41, 5.74) is -0.457. The summed E-state index contributed by atoms with van der Waals surface area (Å²) in [5.74, 6) is -2.21. The second kappa shape index (κ2) is 7.03. The number of hydrogen-bond donors (Lipinski definition) is 3. The summed E-state index contributed by atoms with van der Waals surface area (Å²) in [6.07, 6.45) is 0.651. The number of halogens is 2. The third-order valence-electron chi connectivity index (χ3n) is 2.49. The van der Waals surface area contributed by atoms with Crippen LogP contribution >= 0.6 is 0 Å². The number of anilines is 1. The normalized spacial score (nSPS) is 12.2. The highest BCUT2D eigenvalue weighted by Gasteiger charge is 2.12. The van der Waals surface area contributed by atoms with E-state index in [0.29, 0.717) is 6.42 Å². The zero-order valence-electron chi connectivity index (χ0n) is 10.0. The van der Waals surface area contributed by atoms with Gasteiger partial charge in [0.15, 0.2) is 0 Å². The molecule has 1 rings (SSSR count). The molecular weight excluding hydrogens is 242 g/mol. The summed E-state index contributed by atoms with van der Waals surface area (Å²) in [5, 5.41) is 13.8. The Balaban J connectivity index is 2.55. The molecule has 0 aliphatic carbocycles. The van der Waals surface area contributed by atoms with E-state index >= 15 is 0 Å². The Morgan fingerprint density at radius 3 is 2.50 bits per heavy atom. The Hall–Kier alpha value is -1.53. The van der Waals surface area contributed by atoms with Gasteiger partial charge in [0.1, 0.15) is 17.3 Å². The second-order valence-corrected chi connectivity index (χ2v) is 3.81. The summed E-state index contributed by atoms with van der Waals surface area (Å²) in [4.78, 5) is 11.5. The van der Waals surface area contributed by atoms with Crippen molar-refractivity contribution in [2.75, 3.05) is 18.5 Å². The fraction of sp³-hybridized carbons (Fsp3) is 0.417. The summed E-state index contributed by atoms with van der Waals surface area (Å²) >= 11 is 0. The molecule has 0 radical (unpaired) electrons. The average molecular weight is 258 g/mol. The number of carbonyl (C=O) groups is 1. The molecule has 0 aromatic heterocycles. The molecule has 4 nitrogen and oxygen atoms in total. The first kappa shape index (κ1) is 14.5. The maximum Gasteiger partial charge on any atom is 0.238 e. The van der Waals surface area contributed by atoms with Crippen molar-refractivity contribution >= 4 is 11.6 Å². The molecule has 6 heteroatoms. The van der Waals surface area contributed by atoms with Crippen LogP contribution in [0.25, 0.3) is 0 Å². The van der Waals surface area contributed by atoms with Gasteiger partial charge in [-0.3, -0.25) is 4.79 Å². The Bertz CT molecular complexity index is 389. The van der Waals surface area contributed by atoms with Crippen LogP contribution < -0.4 is 10.6 Å². The molecule has 0 bridgehead atoms. The first-order chi connectivity index (χ1) is 8.58. The van der Waals surface area contributed by atoms with Gasteiger partial charge in [-0.2, -0.15) is 0 Å². The predicted molar refractivity (Wildman–Crippen MR) is 64.2 cm³/mol. The van der Waals surface area contributed by atoms with E-state index in [9.17, 15) is 13.6 Å². The Morgan fingerprint density at radius 2 is 2.00 bits per heavy atom. The zero-order valence-corrected chi connectivity index (χ0v) is 10.0. The van der Waals surface area contributed by atoms with Gasteiger partial charge in [-0.25, -0.2) is 8.78 Å². The number of aliphatic hydroxyl groups is 1. The number of amides is 1. The molecule has 0 spiro atoms. The number of nitrogens with one attached hydrogen (secondary N) is 2.